The zero-order valence-corrected chi connectivity index (χ0v) is 13.7. The highest BCUT2D eigenvalue weighted by Gasteiger charge is 2.19. The lowest BCUT2D eigenvalue weighted by atomic mass is 10.0. The molecular weight excluding hydrogens is 290 g/mol. The molecule has 1 N–H and O–H groups in total. The fraction of sp³-hybridized carbons (Fsp3) is 0.471. The van der Waals surface area contributed by atoms with Gasteiger partial charge in [0.25, 0.3) is 0 Å². The maximum atomic E-state index is 11.4. The Morgan fingerprint density at radius 1 is 1.26 bits per heavy atom. The van der Waals surface area contributed by atoms with Gasteiger partial charge in [0, 0.05) is 56.7 Å². The zero-order valence-electron chi connectivity index (χ0n) is 13.7. The summed E-state index contributed by atoms with van der Waals surface area (Å²) < 4.78 is 1.64. The van der Waals surface area contributed by atoms with E-state index in [1.54, 1.807) is 24.0 Å². The molecular formula is C17H23N5O. The normalized spacial score (nSPS) is 16.4. The quantitative estimate of drug-likeness (QED) is 0.928. The van der Waals surface area contributed by atoms with Crippen LogP contribution in [0.5, 0.6) is 0 Å². The van der Waals surface area contributed by atoms with E-state index in [4.69, 9.17) is 0 Å². The lowest BCUT2D eigenvalue weighted by Crippen LogP contribution is -2.39. The van der Waals surface area contributed by atoms with Crippen molar-refractivity contribution in [3.05, 3.63) is 52.3 Å². The molecule has 0 radical (unpaired) electrons. The van der Waals surface area contributed by atoms with Crippen molar-refractivity contribution in [1.82, 2.24) is 19.4 Å². The molecule has 122 valence electrons. The standard InChI is InChI=1S/C17H23N5O/c1-13-9-16(19-12-18-13)20-15-5-7-22(8-6-15)11-14-3-4-17(23)21(2)10-14/h3-4,9-10,12,15H,5-8,11H2,1-2H3,(H,18,19,20). The Labute approximate surface area is 136 Å². The van der Waals surface area contributed by atoms with Crippen LogP contribution in [0.4, 0.5) is 5.82 Å². The molecule has 1 saturated heterocycles. The number of rotatable bonds is 4. The molecule has 0 spiro atoms. The molecule has 3 rings (SSSR count). The van der Waals surface area contributed by atoms with Crippen molar-refractivity contribution in [3.8, 4) is 0 Å². The van der Waals surface area contributed by atoms with Crippen molar-refractivity contribution >= 4 is 5.82 Å². The number of hydrogen-bond donors (Lipinski definition) is 1. The van der Waals surface area contributed by atoms with Crippen LogP contribution in [0, 0.1) is 6.92 Å². The Bertz CT molecular complexity index is 719. The average Bonchev–Trinajstić information content (AvgIpc) is 2.53. The maximum Gasteiger partial charge on any atom is 0.250 e. The first-order valence-corrected chi connectivity index (χ1v) is 8.03. The molecule has 6 nitrogen and oxygen atoms in total. The van der Waals surface area contributed by atoms with Gasteiger partial charge in [0.05, 0.1) is 0 Å². The van der Waals surface area contributed by atoms with Crippen LogP contribution in [-0.2, 0) is 13.6 Å². The second-order valence-electron chi connectivity index (χ2n) is 6.23. The Morgan fingerprint density at radius 3 is 2.74 bits per heavy atom. The van der Waals surface area contributed by atoms with E-state index in [1.165, 1.54) is 5.56 Å². The van der Waals surface area contributed by atoms with Crippen molar-refractivity contribution in [2.75, 3.05) is 18.4 Å². The van der Waals surface area contributed by atoms with Gasteiger partial charge in [-0.05, 0) is 25.3 Å². The molecule has 0 amide bonds. The van der Waals surface area contributed by atoms with Crippen LogP contribution in [0.1, 0.15) is 24.1 Å². The van der Waals surface area contributed by atoms with Gasteiger partial charge in [-0.15, -0.1) is 0 Å². The lowest BCUT2D eigenvalue weighted by Gasteiger charge is -2.32. The molecule has 0 unspecified atom stereocenters. The molecule has 2 aromatic rings. The van der Waals surface area contributed by atoms with E-state index in [2.05, 4.69) is 20.2 Å². The fourth-order valence-corrected chi connectivity index (χ4v) is 2.98. The Balaban J connectivity index is 1.52. The third-order valence-electron chi connectivity index (χ3n) is 4.30. The Morgan fingerprint density at radius 2 is 2.04 bits per heavy atom. The molecule has 6 heteroatoms. The number of likely N-dealkylation sites (tertiary alicyclic amines) is 1. The molecule has 1 aliphatic heterocycles. The van der Waals surface area contributed by atoms with Gasteiger partial charge >= 0.3 is 0 Å². The summed E-state index contributed by atoms with van der Waals surface area (Å²) in [5, 5.41) is 3.50. The molecule has 1 aliphatic rings. The number of anilines is 1. The monoisotopic (exact) mass is 313 g/mol. The van der Waals surface area contributed by atoms with Crippen LogP contribution in [0.2, 0.25) is 0 Å². The van der Waals surface area contributed by atoms with E-state index >= 15 is 0 Å². The van der Waals surface area contributed by atoms with E-state index in [9.17, 15) is 4.79 Å². The van der Waals surface area contributed by atoms with Gasteiger partial charge < -0.3 is 9.88 Å². The summed E-state index contributed by atoms with van der Waals surface area (Å²) in [6.07, 6.45) is 5.71. The Kier molecular flexibility index (Phi) is 4.71. The summed E-state index contributed by atoms with van der Waals surface area (Å²) in [7, 11) is 1.80. The fourth-order valence-electron chi connectivity index (χ4n) is 2.98. The van der Waals surface area contributed by atoms with Crippen LogP contribution in [0.25, 0.3) is 0 Å². The van der Waals surface area contributed by atoms with Crippen molar-refractivity contribution in [3.63, 3.8) is 0 Å². The van der Waals surface area contributed by atoms with Crippen LogP contribution < -0.4 is 10.9 Å². The van der Waals surface area contributed by atoms with E-state index in [0.29, 0.717) is 6.04 Å². The van der Waals surface area contributed by atoms with Crippen LogP contribution in [-0.4, -0.2) is 38.6 Å². The molecule has 0 saturated carbocycles. The first kappa shape index (κ1) is 15.7. The summed E-state index contributed by atoms with van der Waals surface area (Å²) >= 11 is 0. The topological polar surface area (TPSA) is 63.1 Å². The molecule has 2 aromatic heterocycles. The van der Waals surface area contributed by atoms with Gasteiger partial charge in [0.15, 0.2) is 0 Å². The number of pyridine rings is 1. The second kappa shape index (κ2) is 6.91. The SMILES string of the molecule is Cc1cc(NC2CCN(Cc3ccc(=O)n(C)c3)CC2)ncn1. The van der Waals surface area contributed by atoms with E-state index in [1.807, 2.05) is 25.3 Å². The van der Waals surface area contributed by atoms with Crippen molar-refractivity contribution in [2.24, 2.45) is 7.05 Å². The van der Waals surface area contributed by atoms with Crippen LogP contribution in [0.3, 0.4) is 0 Å². The summed E-state index contributed by atoms with van der Waals surface area (Å²) in [6.45, 7) is 4.96. The molecule has 3 heterocycles. The number of piperidine rings is 1. The third kappa shape index (κ3) is 4.16. The van der Waals surface area contributed by atoms with Gasteiger partial charge in [-0.2, -0.15) is 0 Å². The molecule has 1 fully saturated rings. The smallest absolute Gasteiger partial charge is 0.250 e. The number of nitrogens with zero attached hydrogens (tertiary/aromatic N) is 4. The number of aryl methyl sites for hydroxylation is 2. The van der Waals surface area contributed by atoms with Crippen molar-refractivity contribution in [1.29, 1.82) is 0 Å². The van der Waals surface area contributed by atoms with E-state index in [0.717, 1.165) is 44.0 Å². The van der Waals surface area contributed by atoms with E-state index in [-0.39, 0.29) is 5.56 Å². The number of aromatic nitrogens is 3. The van der Waals surface area contributed by atoms with Gasteiger partial charge in [0.1, 0.15) is 12.1 Å². The predicted octanol–water partition coefficient (Wildman–Crippen LogP) is 1.56. The predicted molar refractivity (Wildman–Crippen MR) is 90.4 cm³/mol. The van der Waals surface area contributed by atoms with Gasteiger partial charge in [-0.25, -0.2) is 9.97 Å². The van der Waals surface area contributed by atoms with Crippen molar-refractivity contribution < 1.29 is 0 Å². The first-order chi connectivity index (χ1) is 11.1. The van der Waals surface area contributed by atoms with Crippen LogP contribution in [0.15, 0.2) is 35.5 Å². The van der Waals surface area contributed by atoms with Gasteiger partial charge in [-0.3, -0.25) is 9.69 Å². The second-order valence-corrected chi connectivity index (χ2v) is 6.23. The first-order valence-electron chi connectivity index (χ1n) is 8.03. The highest BCUT2D eigenvalue weighted by molar-refractivity contribution is 5.35. The minimum atomic E-state index is 0.0387. The minimum Gasteiger partial charge on any atom is -0.367 e. The number of hydrogen-bond acceptors (Lipinski definition) is 5. The molecule has 0 aliphatic carbocycles. The highest BCUT2D eigenvalue weighted by atomic mass is 16.1. The largest absolute Gasteiger partial charge is 0.367 e. The average molecular weight is 313 g/mol. The maximum absolute atomic E-state index is 11.4. The summed E-state index contributed by atoms with van der Waals surface area (Å²) in [6, 6.07) is 6.01. The van der Waals surface area contributed by atoms with Gasteiger partial charge in [-0.1, -0.05) is 6.07 Å². The lowest BCUT2D eigenvalue weighted by molar-refractivity contribution is 0.211. The zero-order chi connectivity index (χ0) is 16.2. The highest BCUT2D eigenvalue weighted by Crippen LogP contribution is 2.17. The van der Waals surface area contributed by atoms with Crippen molar-refractivity contribution in [2.45, 2.75) is 32.4 Å². The molecule has 0 atom stereocenters. The Hall–Kier alpha value is -2.21. The molecule has 23 heavy (non-hydrogen) atoms. The molecule has 0 bridgehead atoms. The number of nitrogens with one attached hydrogen (secondary N) is 1. The van der Waals surface area contributed by atoms with E-state index < -0.39 is 0 Å². The third-order valence-corrected chi connectivity index (χ3v) is 4.30. The van der Waals surface area contributed by atoms with Crippen LogP contribution >= 0.6 is 0 Å². The minimum absolute atomic E-state index is 0.0387. The summed E-state index contributed by atoms with van der Waals surface area (Å²) in [5.41, 5.74) is 2.20. The van der Waals surface area contributed by atoms with Gasteiger partial charge in [0.2, 0.25) is 5.56 Å². The molecule has 0 aromatic carbocycles. The summed E-state index contributed by atoms with van der Waals surface area (Å²) in [4.78, 5) is 22.3. The summed E-state index contributed by atoms with van der Waals surface area (Å²) in [5.74, 6) is 0.911.